The maximum atomic E-state index is 12.0. The average Bonchev–Trinajstić information content (AvgIpc) is 2.86. The minimum atomic E-state index is -1.09. The minimum Gasteiger partial charge on any atom is -0.497 e. The summed E-state index contributed by atoms with van der Waals surface area (Å²) in [5.74, 6) is 0.209. The summed E-state index contributed by atoms with van der Waals surface area (Å²) >= 11 is 0. The number of aromatic carboxylic acids is 1. The van der Waals surface area contributed by atoms with E-state index in [-0.39, 0.29) is 5.92 Å². The Morgan fingerprint density at radius 3 is 2.00 bits per heavy atom. The van der Waals surface area contributed by atoms with Crippen molar-refractivity contribution >= 4 is 22.1 Å². The molecule has 38 heavy (non-hydrogen) atoms. The monoisotopic (exact) mass is 546 g/mol. The van der Waals surface area contributed by atoms with Crippen molar-refractivity contribution < 1.29 is 14.6 Å². The molecule has 0 aliphatic rings. The lowest BCUT2D eigenvalue weighted by molar-refractivity contribution is 0.0697. The zero-order chi connectivity index (χ0) is 27.9. The van der Waals surface area contributed by atoms with Crippen LogP contribution in [0.15, 0.2) is 66.7 Å². The van der Waals surface area contributed by atoms with Crippen molar-refractivity contribution in [3.63, 3.8) is 0 Å². The Labute approximate surface area is 232 Å². The number of hydrogen-bond donors (Lipinski definition) is 1. The van der Waals surface area contributed by atoms with Gasteiger partial charge in [-0.1, -0.05) is 113 Å². The van der Waals surface area contributed by atoms with E-state index in [9.17, 15) is 9.90 Å². The molecular formula is C33H46O3Si2. The lowest BCUT2D eigenvalue weighted by atomic mass is 9.90. The van der Waals surface area contributed by atoms with Gasteiger partial charge in [0.2, 0.25) is 0 Å². The van der Waals surface area contributed by atoms with E-state index in [1.54, 1.807) is 13.2 Å². The Balaban J connectivity index is 1.67. The summed E-state index contributed by atoms with van der Waals surface area (Å²) in [4.78, 5) is 12.0. The fraction of sp³-hybridized carbons (Fsp3) is 0.424. The van der Waals surface area contributed by atoms with Crippen molar-refractivity contribution in [2.24, 2.45) is 0 Å². The van der Waals surface area contributed by atoms with Crippen LogP contribution in [0.25, 0.3) is 11.1 Å². The third-order valence-electron chi connectivity index (χ3n) is 7.48. The highest BCUT2D eigenvalue weighted by Crippen LogP contribution is 2.31. The van der Waals surface area contributed by atoms with Crippen LogP contribution in [0.5, 0.6) is 5.75 Å². The van der Waals surface area contributed by atoms with E-state index < -0.39 is 22.1 Å². The van der Waals surface area contributed by atoms with E-state index in [1.807, 2.05) is 18.2 Å². The first-order chi connectivity index (χ1) is 17.9. The van der Waals surface area contributed by atoms with Crippen LogP contribution in [-0.4, -0.2) is 34.3 Å². The summed E-state index contributed by atoms with van der Waals surface area (Å²) in [5, 5.41) is 9.85. The summed E-state index contributed by atoms with van der Waals surface area (Å²) in [6.45, 7) is 14.8. The van der Waals surface area contributed by atoms with Crippen LogP contribution >= 0.6 is 0 Å². The summed E-state index contributed by atoms with van der Waals surface area (Å²) in [6, 6.07) is 23.8. The largest absolute Gasteiger partial charge is 0.497 e. The molecule has 5 heteroatoms. The third-order valence-corrected chi connectivity index (χ3v) is 17.3. The third kappa shape index (κ3) is 8.70. The van der Waals surface area contributed by atoms with Gasteiger partial charge in [0, 0.05) is 22.1 Å². The molecular weight excluding hydrogens is 501 g/mol. The van der Waals surface area contributed by atoms with E-state index in [1.165, 1.54) is 41.2 Å². The highest BCUT2D eigenvalue weighted by molar-refractivity contribution is 6.94. The number of rotatable bonds is 13. The number of benzene rings is 3. The molecule has 3 aromatic carbocycles. The van der Waals surface area contributed by atoms with Crippen LogP contribution in [0, 0.1) is 0 Å². The normalized spacial score (nSPS) is 12.8. The molecule has 0 aliphatic heterocycles. The number of carbonyl (C=O) groups is 1. The molecule has 0 heterocycles. The van der Waals surface area contributed by atoms with Crippen molar-refractivity contribution in [2.75, 3.05) is 7.11 Å². The average molecular weight is 547 g/mol. The van der Waals surface area contributed by atoms with Gasteiger partial charge in [0.25, 0.3) is 0 Å². The van der Waals surface area contributed by atoms with Crippen LogP contribution in [0.3, 0.4) is 0 Å². The van der Waals surface area contributed by atoms with Crippen LogP contribution in [-0.2, 0) is 6.42 Å². The number of carboxylic acids is 1. The fourth-order valence-corrected chi connectivity index (χ4v) is 19.2. The Morgan fingerprint density at radius 2 is 1.45 bits per heavy atom. The van der Waals surface area contributed by atoms with E-state index in [0.717, 1.165) is 29.7 Å². The predicted octanol–water partition coefficient (Wildman–Crippen LogP) is 9.51. The number of unbranched alkanes of at least 4 members (excludes halogenated alkanes) is 2. The Bertz CT molecular complexity index is 1190. The van der Waals surface area contributed by atoms with E-state index >= 15 is 0 Å². The molecule has 0 fully saturated rings. The molecule has 1 unspecified atom stereocenters. The molecule has 1 atom stereocenters. The molecule has 0 aromatic heterocycles. The maximum Gasteiger partial charge on any atom is 0.336 e. The van der Waals surface area contributed by atoms with Gasteiger partial charge in [-0.05, 0) is 58.9 Å². The van der Waals surface area contributed by atoms with Gasteiger partial charge in [-0.3, -0.25) is 0 Å². The highest BCUT2D eigenvalue weighted by Gasteiger charge is 2.27. The van der Waals surface area contributed by atoms with E-state index in [4.69, 9.17) is 4.74 Å². The number of carboxylic acid groups (broad SMARTS) is 1. The van der Waals surface area contributed by atoms with Crippen LogP contribution in [0.1, 0.15) is 59.2 Å². The molecule has 0 saturated carbocycles. The topological polar surface area (TPSA) is 46.5 Å². The van der Waals surface area contributed by atoms with Crippen molar-refractivity contribution in [2.45, 2.75) is 83.0 Å². The van der Waals surface area contributed by atoms with Crippen molar-refractivity contribution in [1.29, 1.82) is 0 Å². The summed E-state index contributed by atoms with van der Waals surface area (Å²) in [5.41, 5.74) is 7.28. The van der Waals surface area contributed by atoms with Gasteiger partial charge in [-0.15, -0.1) is 0 Å². The Kier molecular flexibility index (Phi) is 10.2. The van der Waals surface area contributed by atoms with Gasteiger partial charge in [0.1, 0.15) is 5.75 Å². The number of hydrogen-bond acceptors (Lipinski definition) is 2. The standard InChI is InChI=1S/C33H46O3Si2/c1-25(28-17-19-30(36-2)20-18-28)27-13-15-29(16-14-27)32-23-26(12-21-31(32)33(34)35)11-9-8-10-22-38(6,7)24-37(3,4)5/h12-21,23,25H,8-11,22,24H2,1-7H3,(H,34,35). The molecule has 0 radical (unpaired) electrons. The molecule has 3 aromatic rings. The molecule has 0 spiro atoms. The first-order valence-corrected chi connectivity index (χ1v) is 21.1. The molecule has 0 bridgehead atoms. The van der Waals surface area contributed by atoms with Crippen LogP contribution < -0.4 is 4.74 Å². The zero-order valence-electron chi connectivity index (χ0n) is 24.4. The SMILES string of the molecule is COc1ccc(C(C)c2ccc(-c3cc(CCCCC[Si](C)(C)C[Si](C)(C)C)ccc3C(=O)O)cc2)cc1. The van der Waals surface area contributed by atoms with Crippen LogP contribution in [0.4, 0.5) is 0 Å². The molecule has 0 saturated heterocycles. The van der Waals surface area contributed by atoms with Gasteiger partial charge in [0.05, 0.1) is 12.7 Å². The molecule has 1 N–H and O–H groups in total. The lowest BCUT2D eigenvalue weighted by Crippen LogP contribution is -2.37. The van der Waals surface area contributed by atoms with Crippen LogP contribution in [0.2, 0.25) is 44.4 Å². The minimum absolute atomic E-state index is 0.235. The summed E-state index contributed by atoms with van der Waals surface area (Å²) < 4.78 is 5.28. The number of ether oxygens (including phenoxy) is 1. The highest BCUT2D eigenvalue weighted by atomic mass is 28.4. The predicted molar refractivity (Wildman–Crippen MR) is 167 cm³/mol. The van der Waals surface area contributed by atoms with Gasteiger partial charge in [-0.2, -0.15) is 0 Å². The molecule has 0 aliphatic carbocycles. The second-order valence-corrected chi connectivity index (χ2v) is 24.1. The summed E-state index contributed by atoms with van der Waals surface area (Å²) in [7, 11) is -0.402. The first-order valence-electron chi connectivity index (χ1n) is 14.0. The smallest absolute Gasteiger partial charge is 0.336 e. The molecule has 3 nitrogen and oxygen atoms in total. The first kappa shape index (κ1) is 29.9. The zero-order valence-corrected chi connectivity index (χ0v) is 26.4. The van der Waals surface area contributed by atoms with E-state index in [2.05, 4.69) is 82.1 Å². The maximum absolute atomic E-state index is 12.0. The Hall–Kier alpha value is -2.64. The molecule has 204 valence electrons. The fourth-order valence-electron chi connectivity index (χ4n) is 5.84. The second-order valence-electron chi connectivity index (χ2n) is 12.8. The molecule has 0 amide bonds. The van der Waals surface area contributed by atoms with E-state index in [0.29, 0.717) is 5.56 Å². The van der Waals surface area contributed by atoms with Gasteiger partial charge < -0.3 is 9.84 Å². The van der Waals surface area contributed by atoms with Crippen molar-refractivity contribution in [1.82, 2.24) is 0 Å². The second kappa shape index (κ2) is 12.9. The van der Waals surface area contributed by atoms with Gasteiger partial charge in [0.15, 0.2) is 0 Å². The van der Waals surface area contributed by atoms with Gasteiger partial charge >= 0.3 is 5.97 Å². The number of aryl methyl sites for hydroxylation is 1. The quantitative estimate of drug-likeness (QED) is 0.171. The van der Waals surface area contributed by atoms with Crippen molar-refractivity contribution in [3.8, 4) is 16.9 Å². The van der Waals surface area contributed by atoms with Crippen molar-refractivity contribution in [3.05, 3.63) is 89.0 Å². The Morgan fingerprint density at radius 1 is 0.842 bits per heavy atom. The lowest BCUT2D eigenvalue weighted by Gasteiger charge is -2.29. The summed E-state index contributed by atoms with van der Waals surface area (Å²) in [6.07, 6.45) is 4.71. The molecule has 3 rings (SSSR count). The number of methoxy groups -OCH3 is 1. The van der Waals surface area contributed by atoms with Gasteiger partial charge in [-0.25, -0.2) is 4.79 Å².